The smallest absolute Gasteiger partial charge is 0.280 e. The van der Waals surface area contributed by atoms with Crippen molar-refractivity contribution in [1.82, 2.24) is 10.2 Å². The molecule has 1 fully saturated rings. The van der Waals surface area contributed by atoms with Crippen LogP contribution in [0.2, 0.25) is 0 Å². The summed E-state index contributed by atoms with van der Waals surface area (Å²) in [5.74, 6) is 0.714. The second-order valence-electron chi connectivity index (χ2n) is 4.18. The Kier molecular flexibility index (Phi) is 2.35. The summed E-state index contributed by atoms with van der Waals surface area (Å²) in [4.78, 5) is 10.4. The summed E-state index contributed by atoms with van der Waals surface area (Å²) >= 11 is 0. The number of nitrogens with zero attached hydrogens (tertiary/aromatic N) is 2. The third kappa shape index (κ3) is 1.56. The summed E-state index contributed by atoms with van der Waals surface area (Å²) < 4.78 is 5.28. The quantitative estimate of drug-likeness (QED) is 0.676. The summed E-state index contributed by atoms with van der Waals surface area (Å²) in [5, 5.41) is 7.60. The lowest BCUT2D eigenvalue weighted by molar-refractivity contribution is 0.108. The zero-order chi connectivity index (χ0) is 10.0. The van der Waals surface area contributed by atoms with Gasteiger partial charge < -0.3 is 4.42 Å². The number of aromatic nitrogens is 2. The predicted molar refractivity (Wildman–Crippen MR) is 50.1 cm³/mol. The van der Waals surface area contributed by atoms with Gasteiger partial charge in [-0.2, -0.15) is 0 Å². The molecule has 0 spiro atoms. The van der Waals surface area contributed by atoms with Gasteiger partial charge in [0.05, 0.1) is 0 Å². The fourth-order valence-corrected chi connectivity index (χ4v) is 2.07. The molecule has 1 aromatic heterocycles. The van der Waals surface area contributed by atoms with Crippen molar-refractivity contribution in [3.63, 3.8) is 0 Å². The lowest BCUT2D eigenvalue weighted by atomic mass is 9.76. The van der Waals surface area contributed by atoms with E-state index in [1.54, 1.807) is 0 Å². The van der Waals surface area contributed by atoms with Gasteiger partial charge in [0.25, 0.3) is 5.89 Å². The zero-order valence-electron chi connectivity index (χ0n) is 8.32. The number of carbonyl (C=O) groups excluding carboxylic acids is 1. The average Bonchev–Trinajstić information content (AvgIpc) is 2.67. The van der Waals surface area contributed by atoms with Crippen molar-refractivity contribution in [2.45, 2.75) is 44.4 Å². The van der Waals surface area contributed by atoms with Crippen molar-refractivity contribution < 1.29 is 9.21 Å². The van der Waals surface area contributed by atoms with E-state index in [2.05, 4.69) is 17.1 Å². The maximum Gasteiger partial charge on any atom is 0.280 e. The van der Waals surface area contributed by atoms with Crippen LogP contribution in [0.3, 0.4) is 0 Å². The molecule has 2 rings (SSSR count). The van der Waals surface area contributed by atoms with E-state index in [4.69, 9.17) is 4.42 Å². The molecule has 1 heterocycles. The zero-order valence-corrected chi connectivity index (χ0v) is 8.32. The Morgan fingerprint density at radius 2 is 2.00 bits per heavy atom. The number of hydrogen-bond donors (Lipinski definition) is 0. The van der Waals surface area contributed by atoms with Crippen LogP contribution in [0.4, 0.5) is 0 Å². The van der Waals surface area contributed by atoms with Crippen LogP contribution in [0.5, 0.6) is 0 Å². The Bertz CT molecular complexity index is 327. The van der Waals surface area contributed by atoms with E-state index in [0.29, 0.717) is 12.2 Å². The minimum atomic E-state index is -0.00743. The normalized spacial score (nSPS) is 20.6. The average molecular weight is 194 g/mol. The van der Waals surface area contributed by atoms with Crippen LogP contribution in [0.25, 0.3) is 0 Å². The van der Waals surface area contributed by atoms with Gasteiger partial charge in [0, 0.05) is 5.41 Å². The number of rotatable bonds is 2. The van der Waals surface area contributed by atoms with Gasteiger partial charge in [-0.25, -0.2) is 0 Å². The molecule has 0 unspecified atom stereocenters. The van der Waals surface area contributed by atoms with Gasteiger partial charge in [0.15, 0.2) is 0 Å². The highest BCUT2D eigenvalue weighted by molar-refractivity contribution is 5.66. The first-order valence-corrected chi connectivity index (χ1v) is 5.04. The molecule has 76 valence electrons. The fourth-order valence-electron chi connectivity index (χ4n) is 2.07. The highest BCUT2D eigenvalue weighted by atomic mass is 16.4. The third-order valence-corrected chi connectivity index (χ3v) is 3.01. The Hall–Kier alpha value is -1.19. The van der Waals surface area contributed by atoms with E-state index in [-0.39, 0.29) is 11.3 Å². The number of aldehydes is 1. The van der Waals surface area contributed by atoms with E-state index in [9.17, 15) is 4.79 Å². The van der Waals surface area contributed by atoms with Crippen LogP contribution in [0, 0.1) is 0 Å². The van der Waals surface area contributed by atoms with Crippen molar-refractivity contribution in [3.8, 4) is 0 Å². The predicted octanol–water partition coefficient (Wildman–Crippen LogP) is 2.10. The SMILES string of the molecule is CC1(c2nnc(C=O)o2)CCCCC1. The Morgan fingerprint density at radius 3 is 2.57 bits per heavy atom. The Labute approximate surface area is 82.7 Å². The van der Waals surface area contributed by atoms with Crippen molar-refractivity contribution in [3.05, 3.63) is 11.8 Å². The molecule has 0 radical (unpaired) electrons. The standard InChI is InChI=1S/C10H14N2O2/c1-10(5-3-2-4-6-10)9-12-11-8(7-13)14-9/h7H,2-6H2,1H3. The van der Waals surface area contributed by atoms with Crippen LogP contribution in [0.15, 0.2) is 4.42 Å². The summed E-state index contributed by atoms with van der Waals surface area (Å²) in [6, 6.07) is 0. The Morgan fingerprint density at radius 1 is 1.29 bits per heavy atom. The molecule has 0 saturated heterocycles. The van der Waals surface area contributed by atoms with Crippen LogP contribution in [0.1, 0.15) is 55.6 Å². The molecular weight excluding hydrogens is 180 g/mol. The lowest BCUT2D eigenvalue weighted by Crippen LogP contribution is -2.25. The highest BCUT2D eigenvalue weighted by Crippen LogP contribution is 2.37. The minimum Gasteiger partial charge on any atom is -0.418 e. The molecule has 4 heteroatoms. The van der Waals surface area contributed by atoms with Gasteiger partial charge in [0.2, 0.25) is 12.2 Å². The first-order chi connectivity index (χ1) is 6.74. The monoisotopic (exact) mass is 194 g/mol. The molecule has 0 amide bonds. The molecule has 0 N–H and O–H groups in total. The first-order valence-electron chi connectivity index (χ1n) is 5.04. The summed E-state index contributed by atoms with van der Waals surface area (Å²) in [6.45, 7) is 2.13. The van der Waals surface area contributed by atoms with Crippen molar-refractivity contribution in [1.29, 1.82) is 0 Å². The first kappa shape index (κ1) is 9.37. The van der Waals surface area contributed by atoms with Crippen LogP contribution < -0.4 is 0 Å². The molecule has 0 bridgehead atoms. The molecule has 14 heavy (non-hydrogen) atoms. The molecule has 1 aliphatic rings. The molecule has 0 aliphatic heterocycles. The summed E-state index contributed by atoms with van der Waals surface area (Å²) in [5.41, 5.74) is -0.00743. The molecule has 0 atom stereocenters. The van der Waals surface area contributed by atoms with Crippen molar-refractivity contribution in [2.24, 2.45) is 0 Å². The van der Waals surface area contributed by atoms with Gasteiger partial charge in [0.1, 0.15) is 0 Å². The van der Waals surface area contributed by atoms with Crippen molar-refractivity contribution >= 4 is 6.29 Å². The largest absolute Gasteiger partial charge is 0.418 e. The van der Waals surface area contributed by atoms with E-state index >= 15 is 0 Å². The fraction of sp³-hybridized carbons (Fsp3) is 0.700. The molecule has 1 saturated carbocycles. The highest BCUT2D eigenvalue weighted by Gasteiger charge is 2.33. The third-order valence-electron chi connectivity index (χ3n) is 3.01. The van der Waals surface area contributed by atoms with E-state index in [1.165, 1.54) is 19.3 Å². The van der Waals surface area contributed by atoms with Gasteiger partial charge in [-0.15, -0.1) is 10.2 Å². The van der Waals surface area contributed by atoms with E-state index in [1.807, 2.05) is 0 Å². The maximum atomic E-state index is 10.4. The molecule has 4 nitrogen and oxygen atoms in total. The Balaban J connectivity index is 2.23. The lowest BCUT2D eigenvalue weighted by Gasteiger charge is -2.29. The molecule has 0 aromatic carbocycles. The molecular formula is C10H14N2O2. The van der Waals surface area contributed by atoms with E-state index in [0.717, 1.165) is 12.8 Å². The van der Waals surface area contributed by atoms with Crippen LogP contribution >= 0.6 is 0 Å². The van der Waals surface area contributed by atoms with Gasteiger partial charge >= 0.3 is 0 Å². The summed E-state index contributed by atoms with van der Waals surface area (Å²) in [6.07, 6.45) is 6.44. The van der Waals surface area contributed by atoms with Gasteiger partial charge in [-0.3, -0.25) is 4.79 Å². The molecule has 1 aliphatic carbocycles. The van der Waals surface area contributed by atoms with Gasteiger partial charge in [-0.1, -0.05) is 26.2 Å². The minimum absolute atomic E-state index is 0.00743. The number of carbonyl (C=O) groups is 1. The second-order valence-corrected chi connectivity index (χ2v) is 4.18. The van der Waals surface area contributed by atoms with Crippen LogP contribution in [-0.2, 0) is 5.41 Å². The maximum absolute atomic E-state index is 10.4. The van der Waals surface area contributed by atoms with Crippen molar-refractivity contribution in [2.75, 3.05) is 0 Å². The second kappa shape index (κ2) is 3.52. The number of hydrogen-bond acceptors (Lipinski definition) is 4. The van der Waals surface area contributed by atoms with Crippen LogP contribution in [-0.4, -0.2) is 16.5 Å². The van der Waals surface area contributed by atoms with Gasteiger partial charge in [-0.05, 0) is 12.8 Å². The van der Waals surface area contributed by atoms with E-state index < -0.39 is 0 Å². The molecule has 1 aromatic rings. The topological polar surface area (TPSA) is 56.0 Å². The summed E-state index contributed by atoms with van der Waals surface area (Å²) in [7, 11) is 0.